The smallest absolute Gasteiger partial charge is 0.129 e. The Morgan fingerprint density at radius 1 is 1.19 bits per heavy atom. The molecular weight excluding hydrogens is 260 g/mol. The Morgan fingerprint density at radius 2 is 1.95 bits per heavy atom. The largest absolute Gasteiger partial charge is 0.356 e. The minimum Gasteiger partial charge on any atom is -0.356 e. The van der Waals surface area contributed by atoms with Crippen molar-refractivity contribution in [2.75, 3.05) is 18.0 Å². The van der Waals surface area contributed by atoms with Gasteiger partial charge in [-0.15, -0.1) is 0 Å². The molecule has 0 N–H and O–H groups in total. The Kier molecular flexibility index (Phi) is 2.81. The van der Waals surface area contributed by atoms with Gasteiger partial charge in [0.1, 0.15) is 5.82 Å². The van der Waals surface area contributed by atoms with Crippen molar-refractivity contribution in [3.63, 3.8) is 0 Å². The first-order valence-corrected chi connectivity index (χ1v) is 7.82. The average molecular weight is 282 g/mol. The van der Waals surface area contributed by atoms with E-state index in [1.165, 1.54) is 30.6 Å². The Balaban J connectivity index is 1.60. The molecule has 2 aromatic heterocycles. The number of hydrogen-bond donors (Lipinski definition) is 0. The number of anilines is 1. The zero-order chi connectivity index (χ0) is 14.6. The van der Waals surface area contributed by atoms with Crippen molar-refractivity contribution >= 4 is 5.82 Å². The van der Waals surface area contributed by atoms with Gasteiger partial charge in [-0.05, 0) is 62.3 Å². The van der Waals surface area contributed by atoms with Gasteiger partial charge < -0.3 is 4.90 Å². The fourth-order valence-electron chi connectivity index (χ4n) is 3.54. The Hall–Kier alpha value is -1.84. The SMILES string of the molecule is Cc1ccn(Cc2c(C)cc(N3CC4CC4C3)nc2C)n1. The van der Waals surface area contributed by atoms with Crippen LogP contribution >= 0.6 is 0 Å². The van der Waals surface area contributed by atoms with Crippen LogP contribution in [-0.2, 0) is 6.54 Å². The van der Waals surface area contributed by atoms with Crippen LogP contribution in [0.5, 0.6) is 0 Å². The molecule has 1 saturated heterocycles. The molecule has 0 spiro atoms. The maximum absolute atomic E-state index is 4.86. The van der Waals surface area contributed by atoms with E-state index in [9.17, 15) is 0 Å². The number of piperidine rings is 1. The third-order valence-electron chi connectivity index (χ3n) is 4.94. The topological polar surface area (TPSA) is 34.0 Å². The summed E-state index contributed by atoms with van der Waals surface area (Å²) in [5.74, 6) is 3.05. The molecule has 1 aliphatic carbocycles. The standard InChI is InChI=1S/C17H22N4/c1-11-6-17(20-8-14-7-15(14)9-20)18-13(3)16(11)10-21-5-4-12(2)19-21/h4-6,14-15H,7-10H2,1-3H3. The van der Waals surface area contributed by atoms with E-state index in [0.29, 0.717) is 0 Å². The lowest BCUT2D eigenvalue weighted by atomic mass is 10.1. The van der Waals surface area contributed by atoms with Crippen molar-refractivity contribution < 1.29 is 0 Å². The number of fused-ring (bicyclic) bond motifs is 1. The van der Waals surface area contributed by atoms with Gasteiger partial charge in [-0.1, -0.05) is 0 Å². The molecule has 4 nitrogen and oxygen atoms in total. The number of nitrogens with zero attached hydrogens (tertiary/aromatic N) is 4. The first-order valence-electron chi connectivity index (χ1n) is 7.82. The number of aryl methyl sites for hydroxylation is 3. The summed E-state index contributed by atoms with van der Waals surface area (Å²) in [5, 5.41) is 4.48. The molecule has 4 heteroatoms. The average Bonchev–Trinajstić information content (AvgIpc) is 2.85. The van der Waals surface area contributed by atoms with Crippen LogP contribution in [0, 0.1) is 32.6 Å². The van der Waals surface area contributed by atoms with Gasteiger partial charge in [0, 0.05) is 25.0 Å². The highest BCUT2D eigenvalue weighted by molar-refractivity contribution is 5.48. The summed E-state index contributed by atoms with van der Waals surface area (Å²) in [6, 6.07) is 4.30. The van der Waals surface area contributed by atoms with E-state index in [-0.39, 0.29) is 0 Å². The van der Waals surface area contributed by atoms with Gasteiger partial charge in [0.15, 0.2) is 0 Å². The second-order valence-corrected chi connectivity index (χ2v) is 6.68. The highest BCUT2D eigenvalue weighted by Crippen LogP contribution is 2.46. The van der Waals surface area contributed by atoms with Crippen molar-refractivity contribution in [1.82, 2.24) is 14.8 Å². The van der Waals surface area contributed by atoms with E-state index < -0.39 is 0 Å². The van der Waals surface area contributed by atoms with Crippen LogP contribution in [0.3, 0.4) is 0 Å². The summed E-state index contributed by atoms with van der Waals surface area (Å²) in [6.45, 7) is 9.56. The lowest BCUT2D eigenvalue weighted by molar-refractivity contribution is 0.670. The van der Waals surface area contributed by atoms with Crippen LogP contribution in [0.1, 0.15) is 28.9 Å². The van der Waals surface area contributed by atoms with Crippen LogP contribution in [0.2, 0.25) is 0 Å². The molecule has 2 atom stereocenters. The molecule has 0 bridgehead atoms. The van der Waals surface area contributed by atoms with Crippen molar-refractivity contribution in [2.45, 2.75) is 33.7 Å². The van der Waals surface area contributed by atoms with Gasteiger partial charge in [-0.3, -0.25) is 4.68 Å². The highest BCUT2D eigenvalue weighted by atomic mass is 15.3. The van der Waals surface area contributed by atoms with E-state index in [2.05, 4.69) is 29.9 Å². The molecule has 0 aromatic carbocycles. The summed E-state index contributed by atoms with van der Waals surface area (Å²) in [5.41, 5.74) is 4.82. The number of rotatable bonds is 3. The minimum atomic E-state index is 0.810. The monoisotopic (exact) mass is 282 g/mol. The molecule has 4 rings (SSSR count). The molecule has 2 unspecified atom stereocenters. The fourth-order valence-corrected chi connectivity index (χ4v) is 3.54. The van der Waals surface area contributed by atoms with Crippen molar-refractivity contribution in [1.29, 1.82) is 0 Å². The number of aromatic nitrogens is 3. The molecule has 2 aromatic rings. The number of pyridine rings is 1. The predicted octanol–water partition coefficient (Wildman–Crippen LogP) is 2.71. The third-order valence-corrected chi connectivity index (χ3v) is 4.94. The van der Waals surface area contributed by atoms with Gasteiger partial charge in [0.2, 0.25) is 0 Å². The predicted molar refractivity (Wildman–Crippen MR) is 83.6 cm³/mol. The molecule has 21 heavy (non-hydrogen) atoms. The van der Waals surface area contributed by atoms with Crippen LogP contribution in [0.15, 0.2) is 18.3 Å². The second-order valence-electron chi connectivity index (χ2n) is 6.68. The Labute approximate surface area is 125 Å². The van der Waals surface area contributed by atoms with Gasteiger partial charge >= 0.3 is 0 Å². The second kappa shape index (κ2) is 4.58. The molecule has 2 fully saturated rings. The molecule has 0 amide bonds. The maximum atomic E-state index is 4.86. The van der Waals surface area contributed by atoms with Crippen molar-refractivity contribution in [2.24, 2.45) is 11.8 Å². The van der Waals surface area contributed by atoms with E-state index in [4.69, 9.17) is 4.98 Å². The van der Waals surface area contributed by atoms with E-state index >= 15 is 0 Å². The maximum Gasteiger partial charge on any atom is 0.129 e. The first-order chi connectivity index (χ1) is 10.1. The lowest BCUT2D eigenvalue weighted by Gasteiger charge is -2.21. The molecule has 1 saturated carbocycles. The third kappa shape index (κ3) is 2.33. The molecule has 2 aliphatic rings. The zero-order valence-corrected chi connectivity index (χ0v) is 13.0. The van der Waals surface area contributed by atoms with Crippen LogP contribution < -0.4 is 4.90 Å². The van der Waals surface area contributed by atoms with Crippen molar-refractivity contribution in [3.8, 4) is 0 Å². The molecule has 1 aliphatic heterocycles. The van der Waals surface area contributed by atoms with Gasteiger partial charge in [-0.25, -0.2) is 4.98 Å². The molecule has 110 valence electrons. The van der Waals surface area contributed by atoms with Gasteiger partial charge in [0.05, 0.1) is 12.2 Å². The molecule has 0 radical (unpaired) electrons. The highest BCUT2D eigenvalue weighted by Gasteiger charge is 2.45. The quantitative estimate of drug-likeness (QED) is 0.868. The Bertz CT molecular complexity index is 655. The summed E-state index contributed by atoms with van der Waals surface area (Å²) in [7, 11) is 0. The van der Waals surface area contributed by atoms with E-state index in [1.54, 1.807) is 0 Å². The van der Waals surface area contributed by atoms with E-state index in [0.717, 1.165) is 35.6 Å². The Morgan fingerprint density at radius 3 is 2.57 bits per heavy atom. The van der Waals surface area contributed by atoms with Crippen molar-refractivity contribution in [3.05, 3.63) is 40.8 Å². The fraction of sp³-hybridized carbons (Fsp3) is 0.529. The summed E-state index contributed by atoms with van der Waals surface area (Å²) < 4.78 is 2.00. The van der Waals surface area contributed by atoms with Crippen LogP contribution in [0.25, 0.3) is 0 Å². The summed E-state index contributed by atoms with van der Waals surface area (Å²) >= 11 is 0. The summed E-state index contributed by atoms with van der Waals surface area (Å²) in [4.78, 5) is 7.32. The van der Waals surface area contributed by atoms with Crippen LogP contribution in [0.4, 0.5) is 5.82 Å². The first kappa shape index (κ1) is 12.9. The zero-order valence-electron chi connectivity index (χ0n) is 13.0. The van der Waals surface area contributed by atoms with E-state index in [1.807, 2.05) is 23.9 Å². The normalized spacial score (nSPS) is 23.5. The minimum absolute atomic E-state index is 0.810. The van der Waals surface area contributed by atoms with Gasteiger partial charge in [-0.2, -0.15) is 5.10 Å². The summed E-state index contributed by atoms with van der Waals surface area (Å²) in [6.07, 6.45) is 3.47. The molecular formula is C17H22N4. The van der Waals surface area contributed by atoms with Gasteiger partial charge in [0.25, 0.3) is 0 Å². The van der Waals surface area contributed by atoms with Crippen LogP contribution in [-0.4, -0.2) is 27.9 Å². The lowest BCUT2D eigenvalue weighted by Crippen LogP contribution is -2.23. The molecule has 3 heterocycles. The number of hydrogen-bond acceptors (Lipinski definition) is 3.